The van der Waals surface area contributed by atoms with Crippen LogP contribution in [0.5, 0.6) is 0 Å². The van der Waals surface area contributed by atoms with E-state index >= 15 is 0 Å². The summed E-state index contributed by atoms with van der Waals surface area (Å²) >= 11 is 0. The van der Waals surface area contributed by atoms with Gasteiger partial charge in [0.05, 0.1) is 22.2 Å². The van der Waals surface area contributed by atoms with Gasteiger partial charge >= 0.3 is 0 Å². The molecule has 0 aliphatic carbocycles. The quantitative estimate of drug-likeness (QED) is 0.393. The number of rotatable bonds is 1. The molecule has 0 aliphatic heterocycles. The zero-order valence-corrected chi connectivity index (χ0v) is 15.3. The molecular formula is C21H21N4+. The van der Waals surface area contributed by atoms with E-state index in [-0.39, 0.29) is 0 Å². The number of fused-ring (bicyclic) bond motifs is 2. The number of aromatic nitrogens is 4. The first kappa shape index (κ1) is 15.6. The number of nitrogens with zero attached hydrogens (tertiary/aromatic N) is 4. The van der Waals surface area contributed by atoms with Gasteiger partial charge in [-0.05, 0) is 57.0 Å². The van der Waals surface area contributed by atoms with Gasteiger partial charge in [-0.1, -0.05) is 28.4 Å². The number of para-hydroxylation sites is 2. The standard InChI is InChI=1S/C21H21N4/c1-12-10-13(2)14(3)16(11-12)20-15(4)19-21(24-25(20)5)23-18-9-7-6-8-17(18)22-19/h6-11H,1-5H3/q+1. The van der Waals surface area contributed by atoms with E-state index in [1.54, 1.807) is 0 Å². The molecule has 0 bridgehead atoms. The lowest BCUT2D eigenvalue weighted by atomic mass is 9.95. The molecular weight excluding hydrogens is 308 g/mol. The summed E-state index contributed by atoms with van der Waals surface area (Å²) in [4.78, 5) is 9.54. The van der Waals surface area contributed by atoms with Gasteiger partial charge in [0.2, 0.25) is 11.3 Å². The van der Waals surface area contributed by atoms with Crippen LogP contribution in [0.1, 0.15) is 22.3 Å². The summed E-state index contributed by atoms with van der Waals surface area (Å²) in [5.41, 5.74) is 10.6. The minimum Gasteiger partial charge on any atom is -0.242 e. The average Bonchev–Trinajstić information content (AvgIpc) is 2.57. The van der Waals surface area contributed by atoms with Gasteiger partial charge in [0.1, 0.15) is 5.52 Å². The molecule has 4 aromatic rings. The summed E-state index contributed by atoms with van der Waals surface area (Å²) in [5.74, 6) is 0. The Hall–Kier alpha value is -2.88. The average molecular weight is 329 g/mol. The molecule has 0 aliphatic rings. The molecule has 0 atom stereocenters. The van der Waals surface area contributed by atoms with Gasteiger partial charge in [0.25, 0.3) is 0 Å². The van der Waals surface area contributed by atoms with Crippen LogP contribution in [0, 0.1) is 27.7 Å². The van der Waals surface area contributed by atoms with Gasteiger partial charge in [-0.2, -0.15) is 0 Å². The Morgan fingerprint density at radius 3 is 2.24 bits per heavy atom. The molecule has 0 saturated carbocycles. The van der Waals surface area contributed by atoms with Crippen molar-refractivity contribution in [2.45, 2.75) is 27.7 Å². The van der Waals surface area contributed by atoms with Crippen LogP contribution < -0.4 is 4.68 Å². The SMILES string of the molecule is Cc1cc(C)c(C)c(-c2c(C)c3nc4ccccc4nc3n[n+]2C)c1. The molecule has 0 spiro atoms. The Kier molecular flexibility index (Phi) is 3.49. The van der Waals surface area contributed by atoms with E-state index in [4.69, 9.17) is 15.1 Å². The highest BCUT2D eigenvalue weighted by Crippen LogP contribution is 2.29. The molecule has 0 amide bonds. The molecule has 0 fully saturated rings. The second-order valence-electron chi connectivity index (χ2n) is 6.74. The van der Waals surface area contributed by atoms with Crippen molar-refractivity contribution in [3.05, 3.63) is 58.7 Å². The number of aryl methyl sites for hydroxylation is 4. The monoisotopic (exact) mass is 329 g/mol. The number of hydrogen-bond donors (Lipinski definition) is 0. The molecule has 4 heteroatoms. The fraction of sp³-hybridized carbons (Fsp3) is 0.238. The number of benzene rings is 2. The van der Waals surface area contributed by atoms with Crippen LogP contribution in [0.4, 0.5) is 0 Å². The zero-order chi connectivity index (χ0) is 17.7. The second-order valence-corrected chi connectivity index (χ2v) is 6.74. The summed E-state index contributed by atoms with van der Waals surface area (Å²) in [7, 11) is 1.98. The highest BCUT2D eigenvalue weighted by Gasteiger charge is 2.23. The Labute approximate surface area is 147 Å². The topological polar surface area (TPSA) is 42.6 Å². The van der Waals surface area contributed by atoms with Crippen molar-refractivity contribution in [3.8, 4) is 11.3 Å². The van der Waals surface area contributed by atoms with Crippen LogP contribution in [0.2, 0.25) is 0 Å². The molecule has 2 heterocycles. The first-order valence-electron chi connectivity index (χ1n) is 8.47. The first-order chi connectivity index (χ1) is 12.0. The molecule has 124 valence electrons. The second kappa shape index (κ2) is 5.59. The molecule has 0 radical (unpaired) electrons. The molecule has 2 aromatic heterocycles. The fourth-order valence-corrected chi connectivity index (χ4v) is 3.52. The molecule has 4 nitrogen and oxygen atoms in total. The predicted molar refractivity (Wildman–Crippen MR) is 100 cm³/mol. The molecule has 4 rings (SSSR count). The lowest BCUT2D eigenvalue weighted by Crippen LogP contribution is -2.37. The van der Waals surface area contributed by atoms with Crippen molar-refractivity contribution < 1.29 is 4.68 Å². The Bertz CT molecular complexity index is 1150. The van der Waals surface area contributed by atoms with Crippen LogP contribution in [-0.4, -0.2) is 15.1 Å². The summed E-state index contributed by atoms with van der Waals surface area (Å²) in [6, 6.07) is 12.4. The van der Waals surface area contributed by atoms with Gasteiger partial charge in [0, 0.05) is 5.10 Å². The van der Waals surface area contributed by atoms with Gasteiger partial charge in [-0.15, -0.1) is 0 Å². The smallest absolute Gasteiger partial charge is 0.242 e. The largest absolute Gasteiger partial charge is 0.246 e. The summed E-state index contributed by atoms with van der Waals surface area (Å²) in [6.45, 7) is 8.57. The van der Waals surface area contributed by atoms with Crippen LogP contribution >= 0.6 is 0 Å². The zero-order valence-electron chi connectivity index (χ0n) is 15.3. The summed E-state index contributed by atoms with van der Waals surface area (Å²) in [6.07, 6.45) is 0. The van der Waals surface area contributed by atoms with Gasteiger partial charge in [0.15, 0.2) is 7.05 Å². The van der Waals surface area contributed by atoms with E-state index < -0.39 is 0 Å². The highest BCUT2D eigenvalue weighted by atomic mass is 15.3. The Morgan fingerprint density at radius 2 is 1.52 bits per heavy atom. The Morgan fingerprint density at radius 1 is 0.840 bits per heavy atom. The van der Waals surface area contributed by atoms with E-state index in [2.05, 4.69) is 39.8 Å². The van der Waals surface area contributed by atoms with Crippen LogP contribution in [0.3, 0.4) is 0 Å². The van der Waals surface area contributed by atoms with E-state index in [9.17, 15) is 0 Å². The van der Waals surface area contributed by atoms with Gasteiger partial charge in [-0.3, -0.25) is 0 Å². The third-order valence-corrected chi connectivity index (χ3v) is 4.90. The van der Waals surface area contributed by atoms with Gasteiger partial charge in [-0.25, -0.2) is 9.97 Å². The van der Waals surface area contributed by atoms with E-state index in [0.717, 1.165) is 27.8 Å². The lowest BCUT2D eigenvalue weighted by Gasteiger charge is -2.11. The van der Waals surface area contributed by atoms with E-state index in [1.165, 1.54) is 22.3 Å². The third-order valence-electron chi connectivity index (χ3n) is 4.90. The normalized spacial score (nSPS) is 11.4. The molecule has 0 N–H and O–H groups in total. The third kappa shape index (κ3) is 2.45. The van der Waals surface area contributed by atoms with Crippen LogP contribution in [-0.2, 0) is 7.05 Å². The minimum absolute atomic E-state index is 0.685. The van der Waals surface area contributed by atoms with Crippen molar-refractivity contribution in [2.75, 3.05) is 0 Å². The van der Waals surface area contributed by atoms with Crippen LogP contribution in [0.15, 0.2) is 36.4 Å². The Balaban J connectivity index is 2.10. The van der Waals surface area contributed by atoms with Crippen molar-refractivity contribution in [3.63, 3.8) is 0 Å². The van der Waals surface area contributed by atoms with E-state index in [1.807, 2.05) is 36.0 Å². The minimum atomic E-state index is 0.685. The molecule has 25 heavy (non-hydrogen) atoms. The summed E-state index contributed by atoms with van der Waals surface area (Å²) < 4.78 is 1.93. The van der Waals surface area contributed by atoms with Crippen molar-refractivity contribution in [2.24, 2.45) is 7.05 Å². The lowest BCUT2D eigenvalue weighted by molar-refractivity contribution is -0.718. The highest BCUT2D eigenvalue weighted by molar-refractivity contribution is 5.87. The van der Waals surface area contributed by atoms with Crippen molar-refractivity contribution in [1.82, 2.24) is 15.1 Å². The first-order valence-corrected chi connectivity index (χ1v) is 8.47. The van der Waals surface area contributed by atoms with E-state index in [0.29, 0.717) is 5.65 Å². The molecule has 0 saturated heterocycles. The van der Waals surface area contributed by atoms with Gasteiger partial charge < -0.3 is 0 Å². The maximum atomic E-state index is 4.84. The van der Waals surface area contributed by atoms with Crippen molar-refractivity contribution in [1.29, 1.82) is 0 Å². The van der Waals surface area contributed by atoms with Crippen molar-refractivity contribution >= 4 is 22.2 Å². The number of hydrogen-bond acceptors (Lipinski definition) is 3. The van der Waals surface area contributed by atoms with Crippen LogP contribution in [0.25, 0.3) is 33.5 Å². The molecule has 0 unspecified atom stereocenters. The maximum absolute atomic E-state index is 4.84. The molecule has 2 aromatic carbocycles. The fourth-order valence-electron chi connectivity index (χ4n) is 3.52. The summed E-state index contributed by atoms with van der Waals surface area (Å²) in [5, 5.41) is 4.71. The predicted octanol–water partition coefficient (Wildman–Crippen LogP) is 3.90. The maximum Gasteiger partial charge on any atom is 0.246 e.